The third-order valence-electron chi connectivity index (χ3n) is 4.98. The molecule has 2 N–H and O–H groups in total. The number of nitrogens with zero attached hydrogens (tertiary/aromatic N) is 1. The van der Waals surface area contributed by atoms with Crippen molar-refractivity contribution in [1.29, 1.82) is 0 Å². The maximum Gasteiger partial charge on any atom is 0.228 e. The molecule has 0 spiro atoms. The van der Waals surface area contributed by atoms with Crippen molar-refractivity contribution in [1.82, 2.24) is 10.2 Å². The summed E-state index contributed by atoms with van der Waals surface area (Å²) >= 11 is 3.56. The van der Waals surface area contributed by atoms with Crippen LogP contribution in [0.2, 0.25) is 0 Å². The summed E-state index contributed by atoms with van der Waals surface area (Å²) in [6.07, 6.45) is 7.20. The maximum absolute atomic E-state index is 12.1. The fourth-order valence-corrected chi connectivity index (χ4v) is 5.36. The molecule has 5 rings (SSSR count). The van der Waals surface area contributed by atoms with E-state index in [4.69, 9.17) is 0 Å². The van der Waals surface area contributed by atoms with Gasteiger partial charge in [0, 0.05) is 33.4 Å². The maximum atomic E-state index is 12.1. The Morgan fingerprint density at radius 3 is 2.52 bits per heavy atom. The number of allylic oxidation sites excluding steroid dienone is 1. The van der Waals surface area contributed by atoms with Gasteiger partial charge in [-0.25, -0.2) is 0 Å². The van der Waals surface area contributed by atoms with Gasteiger partial charge >= 0.3 is 0 Å². The highest BCUT2D eigenvalue weighted by Gasteiger charge is 2.38. The van der Waals surface area contributed by atoms with Gasteiger partial charge < -0.3 is 5.32 Å². The molecule has 3 aromatic rings. The lowest BCUT2D eigenvalue weighted by Gasteiger charge is -2.31. The SMILES string of the molecule is O=C(Nc1n[nH]c2c1C=CC(c1cccs1)(c1cccs1)C2)C1CC1. The van der Waals surface area contributed by atoms with E-state index in [2.05, 4.69) is 62.7 Å². The Kier molecular flexibility index (Phi) is 3.43. The third kappa shape index (κ3) is 2.48. The molecule has 126 valence electrons. The first-order valence-corrected chi connectivity index (χ1v) is 10.2. The minimum Gasteiger partial charge on any atom is -0.308 e. The van der Waals surface area contributed by atoms with Crippen molar-refractivity contribution in [2.24, 2.45) is 5.92 Å². The quantitative estimate of drug-likeness (QED) is 0.716. The number of aromatic nitrogens is 2. The normalized spacial score (nSPS) is 18.1. The summed E-state index contributed by atoms with van der Waals surface area (Å²) in [7, 11) is 0. The number of hydrogen-bond donors (Lipinski definition) is 2. The van der Waals surface area contributed by atoms with E-state index in [1.54, 1.807) is 22.7 Å². The van der Waals surface area contributed by atoms with Gasteiger partial charge in [-0.3, -0.25) is 9.89 Å². The monoisotopic (exact) mass is 367 g/mol. The van der Waals surface area contributed by atoms with Crippen LogP contribution in [-0.4, -0.2) is 16.1 Å². The van der Waals surface area contributed by atoms with Gasteiger partial charge in [-0.1, -0.05) is 24.3 Å². The molecule has 0 aliphatic heterocycles. The van der Waals surface area contributed by atoms with Gasteiger partial charge in [0.2, 0.25) is 5.91 Å². The zero-order valence-electron chi connectivity index (χ0n) is 13.5. The van der Waals surface area contributed by atoms with E-state index in [-0.39, 0.29) is 17.2 Å². The summed E-state index contributed by atoms with van der Waals surface area (Å²) < 4.78 is 0. The van der Waals surface area contributed by atoms with Crippen molar-refractivity contribution in [3.05, 3.63) is 62.1 Å². The molecule has 6 heteroatoms. The van der Waals surface area contributed by atoms with E-state index < -0.39 is 0 Å². The standard InChI is InChI=1S/C19H17N3OS2/c23-18(12-5-6-12)20-17-13-7-8-19(11-14(13)21-22-17,15-3-1-9-24-15)16-4-2-10-25-16/h1-4,7-10,12H,5-6,11H2,(H2,20,21,22,23). The predicted molar refractivity (Wildman–Crippen MR) is 102 cm³/mol. The second-order valence-corrected chi connectivity index (χ2v) is 8.56. The van der Waals surface area contributed by atoms with Crippen LogP contribution in [0.5, 0.6) is 0 Å². The van der Waals surface area contributed by atoms with Gasteiger partial charge in [-0.05, 0) is 35.7 Å². The van der Waals surface area contributed by atoms with E-state index in [1.165, 1.54) is 9.75 Å². The Hall–Kier alpha value is -2.18. The summed E-state index contributed by atoms with van der Waals surface area (Å²) in [6, 6.07) is 8.61. The van der Waals surface area contributed by atoms with Crippen LogP contribution in [0.1, 0.15) is 33.9 Å². The highest BCUT2D eigenvalue weighted by molar-refractivity contribution is 7.11. The summed E-state index contributed by atoms with van der Waals surface area (Å²) in [5.41, 5.74) is 1.94. The first-order valence-electron chi connectivity index (χ1n) is 8.41. The average molecular weight is 367 g/mol. The first kappa shape index (κ1) is 15.1. The molecule has 0 radical (unpaired) electrons. The summed E-state index contributed by atoms with van der Waals surface area (Å²) in [5.74, 6) is 0.932. The van der Waals surface area contributed by atoms with Crippen molar-refractivity contribution < 1.29 is 4.79 Å². The van der Waals surface area contributed by atoms with Crippen LogP contribution in [0.15, 0.2) is 41.1 Å². The molecule has 4 nitrogen and oxygen atoms in total. The molecule has 0 aromatic carbocycles. The molecule has 3 aromatic heterocycles. The van der Waals surface area contributed by atoms with Gasteiger partial charge in [0.1, 0.15) is 0 Å². The Bertz CT molecular complexity index is 899. The zero-order valence-corrected chi connectivity index (χ0v) is 15.1. The minimum absolute atomic E-state index is 0.0936. The number of hydrogen-bond acceptors (Lipinski definition) is 4. The lowest BCUT2D eigenvalue weighted by atomic mass is 9.76. The molecular formula is C19H17N3OS2. The molecule has 1 saturated carbocycles. The van der Waals surface area contributed by atoms with Gasteiger partial charge in [0.25, 0.3) is 0 Å². The van der Waals surface area contributed by atoms with E-state index >= 15 is 0 Å². The summed E-state index contributed by atoms with van der Waals surface area (Å²) in [6.45, 7) is 0. The number of H-pyrrole nitrogens is 1. The lowest BCUT2D eigenvalue weighted by Crippen LogP contribution is -2.28. The molecule has 1 fully saturated rings. The van der Waals surface area contributed by atoms with Crippen LogP contribution in [0.4, 0.5) is 5.82 Å². The largest absolute Gasteiger partial charge is 0.308 e. The molecular weight excluding hydrogens is 350 g/mol. The van der Waals surface area contributed by atoms with Crippen LogP contribution in [-0.2, 0) is 16.6 Å². The average Bonchev–Trinajstić information content (AvgIpc) is 3.07. The van der Waals surface area contributed by atoms with Crippen molar-refractivity contribution in [3.63, 3.8) is 0 Å². The molecule has 2 aliphatic carbocycles. The molecule has 0 bridgehead atoms. The van der Waals surface area contributed by atoms with Crippen molar-refractivity contribution in [3.8, 4) is 0 Å². The van der Waals surface area contributed by atoms with Crippen LogP contribution in [0.3, 0.4) is 0 Å². The molecule has 3 heterocycles. The number of nitrogens with one attached hydrogen (secondary N) is 2. The second kappa shape index (κ2) is 5.68. The molecule has 25 heavy (non-hydrogen) atoms. The van der Waals surface area contributed by atoms with Crippen LogP contribution in [0.25, 0.3) is 6.08 Å². The van der Waals surface area contributed by atoms with Gasteiger partial charge in [0.15, 0.2) is 5.82 Å². The summed E-state index contributed by atoms with van der Waals surface area (Å²) in [5, 5.41) is 14.8. The number of anilines is 1. The smallest absolute Gasteiger partial charge is 0.228 e. The van der Waals surface area contributed by atoms with Crippen LogP contribution in [0, 0.1) is 5.92 Å². The molecule has 2 aliphatic rings. The van der Waals surface area contributed by atoms with Crippen LogP contribution < -0.4 is 5.32 Å². The molecule has 1 amide bonds. The van der Waals surface area contributed by atoms with Gasteiger partial charge in [0.05, 0.1) is 5.41 Å². The zero-order chi connectivity index (χ0) is 16.9. The number of thiophene rings is 2. The number of carbonyl (C=O) groups excluding carboxylic acids is 1. The van der Waals surface area contributed by atoms with E-state index in [1.807, 2.05) is 0 Å². The topological polar surface area (TPSA) is 57.8 Å². The van der Waals surface area contributed by atoms with Crippen molar-refractivity contribution >= 4 is 40.5 Å². The Morgan fingerprint density at radius 2 is 1.92 bits per heavy atom. The third-order valence-corrected chi connectivity index (χ3v) is 7.08. The highest BCUT2D eigenvalue weighted by Crippen LogP contribution is 2.45. The van der Waals surface area contributed by atoms with Crippen LogP contribution >= 0.6 is 22.7 Å². The van der Waals surface area contributed by atoms with Gasteiger partial charge in [-0.15, -0.1) is 22.7 Å². The molecule has 0 saturated heterocycles. The Morgan fingerprint density at radius 1 is 1.20 bits per heavy atom. The Labute approximate surface area is 153 Å². The minimum atomic E-state index is -0.153. The number of rotatable bonds is 4. The van der Waals surface area contributed by atoms with Gasteiger partial charge in [-0.2, -0.15) is 5.10 Å². The lowest BCUT2D eigenvalue weighted by molar-refractivity contribution is -0.117. The number of carbonyl (C=O) groups is 1. The number of aromatic amines is 1. The fraction of sp³-hybridized carbons (Fsp3) is 0.263. The number of amides is 1. The number of fused-ring (bicyclic) bond motifs is 1. The second-order valence-electron chi connectivity index (χ2n) is 6.66. The molecule has 0 unspecified atom stereocenters. The predicted octanol–water partition coefficient (Wildman–Crippen LogP) is 4.44. The van der Waals surface area contributed by atoms with E-state index in [0.717, 1.165) is 30.5 Å². The molecule has 0 atom stereocenters. The Balaban J connectivity index is 1.53. The van der Waals surface area contributed by atoms with Crippen molar-refractivity contribution in [2.45, 2.75) is 24.7 Å². The van der Waals surface area contributed by atoms with E-state index in [9.17, 15) is 4.79 Å². The summed E-state index contributed by atoms with van der Waals surface area (Å²) in [4.78, 5) is 14.7. The van der Waals surface area contributed by atoms with E-state index in [0.29, 0.717) is 5.82 Å². The fourth-order valence-electron chi connectivity index (χ4n) is 3.45. The first-order chi connectivity index (χ1) is 12.3. The highest BCUT2D eigenvalue weighted by atomic mass is 32.1. The van der Waals surface area contributed by atoms with Crippen molar-refractivity contribution in [2.75, 3.05) is 5.32 Å².